The Bertz CT molecular complexity index is 340. The molecule has 0 saturated heterocycles. The molecule has 16 heavy (non-hydrogen) atoms. The third kappa shape index (κ3) is 2.24. The van der Waals surface area contributed by atoms with Gasteiger partial charge in [-0.25, -0.2) is 0 Å². The van der Waals surface area contributed by atoms with Crippen molar-refractivity contribution >= 4 is 11.6 Å². The number of hydrogen-bond acceptors (Lipinski definition) is 2. The lowest BCUT2D eigenvalue weighted by molar-refractivity contribution is -0.0897. The zero-order valence-electron chi connectivity index (χ0n) is 9.58. The fraction of sp³-hybridized carbons (Fsp3) is 0.538. The molecular weight excluding hydrogens is 222 g/mol. The van der Waals surface area contributed by atoms with E-state index in [4.69, 9.17) is 22.1 Å². The second kappa shape index (κ2) is 4.74. The van der Waals surface area contributed by atoms with Crippen molar-refractivity contribution in [2.24, 2.45) is 5.73 Å². The summed E-state index contributed by atoms with van der Waals surface area (Å²) < 4.78 is 5.58. The van der Waals surface area contributed by atoms with Crippen LogP contribution in [0.3, 0.4) is 0 Å². The average Bonchev–Trinajstić information content (AvgIpc) is 2.21. The molecule has 2 nitrogen and oxygen atoms in total. The van der Waals surface area contributed by atoms with Crippen LogP contribution in [0, 0.1) is 0 Å². The number of nitrogens with two attached hydrogens (primary N) is 1. The molecule has 1 fully saturated rings. The van der Waals surface area contributed by atoms with E-state index in [1.807, 2.05) is 24.3 Å². The average molecular weight is 240 g/mol. The number of hydrogen-bond donors (Lipinski definition) is 1. The Labute approximate surface area is 102 Å². The van der Waals surface area contributed by atoms with Crippen LogP contribution in [0.4, 0.5) is 0 Å². The van der Waals surface area contributed by atoms with Gasteiger partial charge in [-0.15, -0.1) is 0 Å². The van der Waals surface area contributed by atoms with Crippen molar-refractivity contribution in [3.8, 4) is 0 Å². The number of benzene rings is 1. The molecule has 0 aromatic heterocycles. The molecular formula is C13H18ClNO. The molecule has 1 aromatic carbocycles. The van der Waals surface area contributed by atoms with Gasteiger partial charge in [0.1, 0.15) is 0 Å². The van der Waals surface area contributed by atoms with E-state index in [1.54, 1.807) is 7.11 Å². The lowest BCUT2D eigenvalue weighted by atomic mass is 9.73. The quantitative estimate of drug-likeness (QED) is 0.877. The Kier molecular flexibility index (Phi) is 3.53. The number of methoxy groups -OCH3 is 1. The summed E-state index contributed by atoms with van der Waals surface area (Å²) in [5, 5.41) is 0.766. The maximum absolute atomic E-state index is 6.24. The van der Waals surface area contributed by atoms with E-state index in [2.05, 4.69) is 0 Å². The van der Waals surface area contributed by atoms with Crippen LogP contribution in [0.2, 0.25) is 5.02 Å². The van der Waals surface area contributed by atoms with Gasteiger partial charge < -0.3 is 10.5 Å². The van der Waals surface area contributed by atoms with E-state index in [1.165, 1.54) is 12.0 Å². The lowest BCUT2D eigenvalue weighted by Gasteiger charge is -2.45. The van der Waals surface area contributed by atoms with Crippen molar-refractivity contribution in [2.75, 3.05) is 7.11 Å². The van der Waals surface area contributed by atoms with Gasteiger partial charge in [0, 0.05) is 18.2 Å². The minimum atomic E-state index is -0.0837. The van der Waals surface area contributed by atoms with Crippen molar-refractivity contribution in [3.63, 3.8) is 0 Å². The molecule has 0 spiro atoms. The van der Waals surface area contributed by atoms with Crippen molar-refractivity contribution < 1.29 is 4.74 Å². The summed E-state index contributed by atoms with van der Waals surface area (Å²) in [7, 11) is 1.76. The first-order chi connectivity index (χ1) is 7.66. The molecule has 1 aliphatic carbocycles. The van der Waals surface area contributed by atoms with Gasteiger partial charge in [0.25, 0.3) is 0 Å². The van der Waals surface area contributed by atoms with Crippen LogP contribution in [-0.2, 0) is 11.2 Å². The molecule has 1 aliphatic rings. The monoisotopic (exact) mass is 239 g/mol. The smallest absolute Gasteiger partial charge is 0.0832 e. The minimum absolute atomic E-state index is 0.0763. The third-order valence-corrected chi connectivity index (χ3v) is 3.90. The molecule has 88 valence electrons. The molecule has 1 saturated carbocycles. The Hall–Kier alpha value is -0.570. The first-order valence-corrected chi connectivity index (χ1v) is 6.09. The van der Waals surface area contributed by atoms with E-state index >= 15 is 0 Å². The van der Waals surface area contributed by atoms with Crippen LogP contribution >= 0.6 is 11.6 Å². The van der Waals surface area contributed by atoms with Gasteiger partial charge in [-0.2, -0.15) is 0 Å². The largest absolute Gasteiger partial charge is 0.377 e. The maximum atomic E-state index is 6.24. The Morgan fingerprint density at radius 1 is 1.38 bits per heavy atom. The van der Waals surface area contributed by atoms with E-state index in [-0.39, 0.29) is 11.6 Å². The van der Waals surface area contributed by atoms with Crippen molar-refractivity contribution in [1.29, 1.82) is 0 Å². The van der Waals surface area contributed by atoms with Crippen LogP contribution in [-0.4, -0.2) is 18.8 Å². The topological polar surface area (TPSA) is 35.2 Å². The fourth-order valence-electron chi connectivity index (χ4n) is 2.31. The van der Waals surface area contributed by atoms with Gasteiger partial charge in [-0.05, 0) is 43.4 Å². The van der Waals surface area contributed by atoms with Crippen LogP contribution in [0.15, 0.2) is 24.3 Å². The molecule has 0 aliphatic heterocycles. The fourth-order valence-corrected chi connectivity index (χ4v) is 2.44. The highest BCUT2D eigenvalue weighted by Crippen LogP contribution is 2.38. The summed E-state index contributed by atoms with van der Waals surface area (Å²) in [5.74, 6) is 0. The maximum Gasteiger partial charge on any atom is 0.0832 e. The van der Waals surface area contributed by atoms with Crippen molar-refractivity contribution in [3.05, 3.63) is 34.9 Å². The van der Waals surface area contributed by atoms with Crippen LogP contribution in [0.5, 0.6) is 0 Å². The van der Waals surface area contributed by atoms with Crippen molar-refractivity contribution in [2.45, 2.75) is 37.3 Å². The van der Waals surface area contributed by atoms with Gasteiger partial charge >= 0.3 is 0 Å². The summed E-state index contributed by atoms with van der Waals surface area (Å²) in [4.78, 5) is 0. The van der Waals surface area contributed by atoms with E-state index < -0.39 is 0 Å². The molecule has 2 N–H and O–H groups in total. The zero-order chi connectivity index (χ0) is 11.6. The molecule has 0 bridgehead atoms. The van der Waals surface area contributed by atoms with E-state index in [0.29, 0.717) is 0 Å². The predicted molar refractivity (Wildman–Crippen MR) is 66.7 cm³/mol. The van der Waals surface area contributed by atoms with E-state index in [0.717, 1.165) is 24.3 Å². The third-order valence-electron chi connectivity index (χ3n) is 3.65. The highest BCUT2D eigenvalue weighted by molar-refractivity contribution is 6.30. The van der Waals surface area contributed by atoms with E-state index in [9.17, 15) is 0 Å². The summed E-state index contributed by atoms with van der Waals surface area (Å²) >= 11 is 5.85. The van der Waals surface area contributed by atoms with Gasteiger partial charge in [0.2, 0.25) is 0 Å². The summed E-state index contributed by atoms with van der Waals surface area (Å²) in [6.07, 6.45) is 4.24. The van der Waals surface area contributed by atoms with Crippen molar-refractivity contribution in [1.82, 2.24) is 0 Å². The predicted octanol–water partition coefficient (Wildman–Crippen LogP) is 2.78. The van der Waals surface area contributed by atoms with Crippen LogP contribution in [0.25, 0.3) is 0 Å². The molecule has 1 aromatic rings. The Balaban J connectivity index is 2.01. The zero-order valence-corrected chi connectivity index (χ0v) is 10.3. The number of halogens is 1. The summed E-state index contributed by atoms with van der Waals surface area (Å²) in [6, 6.07) is 7.95. The molecule has 3 heteroatoms. The normalized spacial score (nSPS) is 20.2. The highest BCUT2D eigenvalue weighted by Gasteiger charge is 2.42. The first kappa shape index (κ1) is 11.9. The standard InChI is InChI=1S/C13H18ClNO/c1-16-13(7-2-8-13)12(15)9-10-3-5-11(14)6-4-10/h3-6,12H,2,7-9,15H2,1H3. The molecule has 1 atom stereocenters. The SMILES string of the molecule is COC1(C(N)Cc2ccc(Cl)cc2)CCC1. The summed E-state index contributed by atoms with van der Waals surface area (Å²) in [5.41, 5.74) is 7.38. The minimum Gasteiger partial charge on any atom is -0.377 e. The van der Waals surface area contributed by atoms with Gasteiger partial charge in [-0.3, -0.25) is 0 Å². The van der Waals surface area contributed by atoms with Gasteiger partial charge in [0.15, 0.2) is 0 Å². The highest BCUT2D eigenvalue weighted by atomic mass is 35.5. The lowest BCUT2D eigenvalue weighted by Crippen LogP contribution is -2.55. The van der Waals surface area contributed by atoms with Gasteiger partial charge in [0.05, 0.1) is 5.60 Å². The molecule has 2 rings (SSSR count). The van der Waals surface area contributed by atoms with Gasteiger partial charge in [-0.1, -0.05) is 23.7 Å². The molecule has 0 radical (unpaired) electrons. The first-order valence-electron chi connectivity index (χ1n) is 5.71. The molecule has 0 heterocycles. The second-order valence-corrected chi connectivity index (χ2v) is 5.00. The molecule has 0 amide bonds. The number of ether oxygens (including phenoxy) is 1. The second-order valence-electron chi connectivity index (χ2n) is 4.56. The molecule has 1 unspecified atom stereocenters. The number of rotatable bonds is 4. The van der Waals surface area contributed by atoms with Crippen LogP contribution in [0.1, 0.15) is 24.8 Å². The Morgan fingerprint density at radius 2 is 2.00 bits per heavy atom. The van der Waals surface area contributed by atoms with Crippen LogP contribution < -0.4 is 5.73 Å². The summed E-state index contributed by atoms with van der Waals surface area (Å²) in [6.45, 7) is 0. The Morgan fingerprint density at radius 3 is 2.44 bits per heavy atom.